The van der Waals surface area contributed by atoms with Gasteiger partial charge in [0.1, 0.15) is 4.90 Å². The van der Waals surface area contributed by atoms with Crippen LogP contribution in [0.15, 0.2) is 47.6 Å². The fraction of sp³-hybridized carbons (Fsp3) is 0.250. The Labute approximate surface area is 106 Å². The van der Waals surface area contributed by atoms with E-state index >= 15 is 0 Å². The molecule has 1 atom stereocenters. The van der Waals surface area contributed by atoms with E-state index in [9.17, 15) is 8.42 Å². The van der Waals surface area contributed by atoms with E-state index in [2.05, 4.69) is 14.9 Å². The van der Waals surface area contributed by atoms with Crippen LogP contribution in [-0.2, 0) is 16.4 Å². The van der Waals surface area contributed by atoms with Crippen molar-refractivity contribution in [3.8, 4) is 0 Å². The van der Waals surface area contributed by atoms with Gasteiger partial charge in [0.15, 0.2) is 0 Å². The maximum absolute atomic E-state index is 11.9. The molecule has 1 aromatic carbocycles. The van der Waals surface area contributed by atoms with Gasteiger partial charge < -0.3 is 0 Å². The van der Waals surface area contributed by atoms with Gasteiger partial charge in [0.2, 0.25) is 10.0 Å². The Bertz CT molecular complexity index is 579. The summed E-state index contributed by atoms with van der Waals surface area (Å²) in [7, 11) is -3.48. The van der Waals surface area contributed by atoms with Gasteiger partial charge in [-0.25, -0.2) is 13.1 Å². The average molecular weight is 265 g/mol. The van der Waals surface area contributed by atoms with E-state index < -0.39 is 10.0 Å². The number of sulfonamides is 1. The van der Waals surface area contributed by atoms with Gasteiger partial charge in [-0.05, 0) is 18.9 Å². The fourth-order valence-electron chi connectivity index (χ4n) is 1.73. The standard InChI is InChI=1S/C12H15N3O2S/c1-10(7-11-5-3-2-4-6-11)15-18(16,17)12-8-13-14-9-12/h2-6,8-10,15H,7H2,1H3,(H,13,14). The molecule has 0 spiro atoms. The molecular formula is C12H15N3O2S. The van der Waals surface area contributed by atoms with Gasteiger partial charge in [0.05, 0.1) is 6.20 Å². The fourth-order valence-corrected chi connectivity index (χ4v) is 2.88. The molecule has 0 aliphatic carbocycles. The van der Waals surface area contributed by atoms with Gasteiger partial charge in [-0.3, -0.25) is 5.10 Å². The van der Waals surface area contributed by atoms with Crippen LogP contribution in [0, 0.1) is 0 Å². The second-order valence-electron chi connectivity index (χ2n) is 4.15. The number of aromatic amines is 1. The SMILES string of the molecule is CC(Cc1ccccc1)NS(=O)(=O)c1cn[nH]c1. The molecule has 0 fully saturated rings. The molecule has 0 aliphatic rings. The summed E-state index contributed by atoms with van der Waals surface area (Å²) in [6.45, 7) is 1.84. The van der Waals surface area contributed by atoms with E-state index in [4.69, 9.17) is 0 Å². The topological polar surface area (TPSA) is 74.8 Å². The molecule has 0 saturated carbocycles. The number of aromatic nitrogens is 2. The summed E-state index contributed by atoms with van der Waals surface area (Å²) in [6, 6.07) is 9.58. The maximum Gasteiger partial charge on any atom is 0.243 e. The van der Waals surface area contributed by atoms with Crippen LogP contribution in [-0.4, -0.2) is 24.7 Å². The van der Waals surface area contributed by atoms with E-state index in [0.29, 0.717) is 6.42 Å². The molecule has 0 aliphatic heterocycles. The molecule has 2 N–H and O–H groups in total. The Morgan fingerprint density at radius 1 is 1.33 bits per heavy atom. The van der Waals surface area contributed by atoms with Crippen LogP contribution in [0.1, 0.15) is 12.5 Å². The Morgan fingerprint density at radius 2 is 2.06 bits per heavy atom. The lowest BCUT2D eigenvalue weighted by molar-refractivity contribution is 0.560. The smallest absolute Gasteiger partial charge is 0.243 e. The number of H-pyrrole nitrogens is 1. The molecule has 96 valence electrons. The first-order valence-electron chi connectivity index (χ1n) is 5.63. The summed E-state index contributed by atoms with van der Waals surface area (Å²) >= 11 is 0. The second kappa shape index (κ2) is 5.32. The summed E-state index contributed by atoms with van der Waals surface area (Å²) in [5, 5.41) is 6.13. The van der Waals surface area contributed by atoms with Crippen molar-refractivity contribution in [3.63, 3.8) is 0 Å². The van der Waals surface area contributed by atoms with Gasteiger partial charge in [-0.2, -0.15) is 5.10 Å². The first kappa shape index (κ1) is 12.8. The van der Waals surface area contributed by atoms with Crippen molar-refractivity contribution < 1.29 is 8.42 Å². The second-order valence-corrected chi connectivity index (χ2v) is 5.86. The van der Waals surface area contributed by atoms with Crippen molar-refractivity contribution >= 4 is 10.0 Å². The van der Waals surface area contributed by atoms with Crippen LogP contribution in [0.4, 0.5) is 0 Å². The highest BCUT2D eigenvalue weighted by Crippen LogP contribution is 2.08. The van der Waals surface area contributed by atoms with Gasteiger partial charge in [-0.15, -0.1) is 0 Å². The largest absolute Gasteiger partial charge is 0.284 e. The molecule has 0 bridgehead atoms. The van der Waals surface area contributed by atoms with Crippen LogP contribution in [0.2, 0.25) is 0 Å². The van der Waals surface area contributed by atoms with Crippen molar-refractivity contribution in [2.24, 2.45) is 0 Å². The zero-order valence-electron chi connectivity index (χ0n) is 10.00. The van der Waals surface area contributed by atoms with Gasteiger partial charge >= 0.3 is 0 Å². The van der Waals surface area contributed by atoms with Crippen molar-refractivity contribution in [1.82, 2.24) is 14.9 Å². The molecule has 1 unspecified atom stereocenters. The maximum atomic E-state index is 11.9. The van der Waals surface area contributed by atoms with Crippen LogP contribution in [0.25, 0.3) is 0 Å². The molecule has 1 aromatic heterocycles. The Balaban J connectivity index is 2.02. The molecular weight excluding hydrogens is 250 g/mol. The van der Waals surface area contributed by atoms with Crippen LogP contribution < -0.4 is 4.72 Å². The number of nitrogens with one attached hydrogen (secondary N) is 2. The van der Waals surface area contributed by atoms with Gasteiger partial charge in [0.25, 0.3) is 0 Å². The summed E-state index contributed by atoms with van der Waals surface area (Å²) < 4.78 is 26.5. The van der Waals surface area contributed by atoms with Crippen molar-refractivity contribution in [3.05, 3.63) is 48.3 Å². The highest BCUT2D eigenvalue weighted by molar-refractivity contribution is 7.89. The lowest BCUT2D eigenvalue weighted by atomic mass is 10.1. The Kier molecular flexibility index (Phi) is 3.78. The summed E-state index contributed by atoms with van der Waals surface area (Å²) in [5.41, 5.74) is 1.10. The first-order chi connectivity index (χ1) is 8.58. The predicted octanol–water partition coefficient (Wildman–Crippen LogP) is 1.32. The number of rotatable bonds is 5. The van der Waals surface area contributed by atoms with E-state index in [1.54, 1.807) is 0 Å². The molecule has 0 radical (unpaired) electrons. The van der Waals surface area contributed by atoms with E-state index in [0.717, 1.165) is 5.56 Å². The number of hydrogen-bond donors (Lipinski definition) is 2. The third kappa shape index (κ3) is 3.18. The summed E-state index contributed by atoms with van der Waals surface area (Å²) in [6.07, 6.45) is 3.30. The highest BCUT2D eigenvalue weighted by Gasteiger charge is 2.18. The van der Waals surface area contributed by atoms with Gasteiger partial charge in [0, 0.05) is 12.2 Å². The normalized spacial score (nSPS) is 13.4. The average Bonchev–Trinajstić information content (AvgIpc) is 2.83. The minimum absolute atomic E-state index is 0.155. The number of benzene rings is 1. The lowest BCUT2D eigenvalue weighted by Gasteiger charge is -2.13. The van der Waals surface area contributed by atoms with Crippen LogP contribution >= 0.6 is 0 Å². The Morgan fingerprint density at radius 3 is 2.67 bits per heavy atom. The minimum Gasteiger partial charge on any atom is -0.284 e. The quantitative estimate of drug-likeness (QED) is 0.856. The van der Waals surface area contributed by atoms with E-state index in [1.165, 1.54) is 12.4 Å². The molecule has 2 aromatic rings. The van der Waals surface area contributed by atoms with Crippen molar-refractivity contribution in [1.29, 1.82) is 0 Å². The number of hydrogen-bond acceptors (Lipinski definition) is 3. The molecule has 5 nitrogen and oxygen atoms in total. The molecule has 1 heterocycles. The van der Waals surface area contributed by atoms with E-state index in [-0.39, 0.29) is 10.9 Å². The molecule has 18 heavy (non-hydrogen) atoms. The molecule has 0 amide bonds. The third-order valence-electron chi connectivity index (χ3n) is 2.52. The van der Waals surface area contributed by atoms with Crippen LogP contribution in [0.3, 0.4) is 0 Å². The van der Waals surface area contributed by atoms with Crippen LogP contribution in [0.5, 0.6) is 0 Å². The zero-order chi connectivity index (χ0) is 13.0. The molecule has 2 rings (SSSR count). The Hall–Kier alpha value is -1.66. The summed E-state index contributed by atoms with van der Waals surface area (Å²) in [4.78, 5) is 0.155. The third-order valence-corrected chi connectivity index (χ3v) is 4.08. The first-order valence-corrected chi connectivity index (χ1v) is 7.11. The number of nitrogens with zero attached hydrogens (tertiary/aromatic N) is 1. The lowest BCUT2D eigenvalue weighted by Crippen LogP contribution is -2.33. The highest BCUT2D eigenvalue weighted by atomic mass is 32.2. The minimum atomic E-state index is -3.48. The van der Waals surface area contributed by atoms with Gasteiger partial charge in [-0.1, -0.05) is 30.3 Å². The molecule has 0 saturated heterocycles. The zero-order valence-corrected chi connectivity index (χ0v) is 10.8. The van der Waals surface area contributed by atoms with Crippen molar-refractivity contribution in [2.75, 3.05) is 0 Å². The summed E-state index contributed by atoms with van der Waals surface area (Å²) in [5.74, 6) is 0. The predicted molar refractivity (Wildman–Crippen MR) is 68.5 cm³/mol. The molecule has 6 heteroatoms. The van der Waals surface area contributed by atoms with E-state index in [1.807, 2.05) is 37.3 Å². The monoisotopic (exact) mass is 265 g/mol. The van der Waals surface area contributed by atoms with Crippen molar-refractivity contribution in [2.45, 2.75) is 24.3 Å².